The fourth-order valence-electron chi connectivity index (χ4n) is 3.59. The largest absolute Gasteiger partial charge is 0.477 e. The van der Waals surface area contributed by atoms with Crippen LogP contribution in [0, 0.1) is 0 Å². The standard InChI is InChI=1S/C19H17ClN6O6S3/c1-25-18(22-23-24-25)34-8-10-7-33-17-19(32-2,16(30)26(17)12(10)15(28)29)21-14(27)13(35-31)9-3-5-11(20)6-4-9/h3-6,17H,7-8H2,1-2H3,(H,21,27)(H,28,29)/t17-,19+/m1/s1. The van der Waals surface area contributed by atoms with E-state index in [2.05, 4.69) is 20.8 Å². The van der Waals surface area contributed by atoms with E-state index in [0.717, 1.165) is 4.90 Å². The number of nitrogens with zero attached hydrogens (tertiary/aromatic N) is 5. The van der Waals surface area contributed by atoms with Gasteiger partial charge in [-0.3, -0.25) is 14.5 Å². The number of carbonyl (C=O) groups excluding carboxylic acids is 2. The first-order valence-electron chi connectivity index (χ1n) is 9.79. The van der Waals surface area contributed by atoms with Gasteiger partial charge in [-0.1, -0.05) is 35.5 Å². The number of benzene rings is 1. The van der Waals surface area contributed by atoms with Gasteiger partial charge in [0.2, 0.25) is 5.16 Å². The molecule has 0 spiro atoms. The Morgan fingerprint density at radius 2 is 2.09 bits per heavy atom. The Bertz CT molecular complexity index is 1290. The number of ether oxygens (including phenoxy) is 1. The monoisotopic (exact) mass is 556 g/mol. The molecule has 0 unspecified atom stereocenters. The van der Waals surface area contributed by atoms with Gasteiger partial charge in [-0.05, 0) is 28.1 Å². The van der Waals surface area contributed by atoms with Crippen LogP contribution in [0.2, 0.25) is 5.02 Å². The number of carboxylic acid groups (broad SMARTS) is 1. The van der Waals surface area contributed by atoms with E-state index in [1.165, 1.54) is 59.6 Å². The van der Waals surface area contributed by atoms with E-state index in [4.69, 9.17) is 16.3 Å². The van der Waals surface area contributed by atoms with E-state index < -0.39 is 28.9 Å². The molecule has 16 heteroatoms. The second kappa shape index (κ2) is 10.1. The molecule has 0 saturated carbocycles. The van der Waals surface area contributed by atoms with Crippen LogP contribution >= 0.6 is 35.1 Å². The maximum atomic E-state index is 13.2. The second-order valence-corrected chi connectivity index (χ2v) is 10.3. The van der Waals surface area contributed by atoms with Crippen molar-refractivity contribution < 1.29 is 28.4 Å². The number of aryl methyl sites for hydroxylation is 1. The van der Waals surface area contributed by atoms with E-state index in [1.54, 1.807) is 7.05 Å². The molecule has 2 aliphatic rings. The molecule has 184 valence electrons. The zero-order valence-corrected chi connectivity index (χ0v) is 21.3. The van der Waals surface area contributed by atoms with Gasteiger partial charge in [0, 0.05) is 36.2 Å². The van der Waals surface area contributed by atoms with Gasteiger partial charge in [0.25, 0.3) is 17.5 Å². The quantitative estimate of drug-likeness (QED) is 0.149. The fraction of sp³-hybridized carbons (Fsp3) is 0.316. The van der Waals surface area contributed by atoms with Gasteiger partial charge in [-0.15, -0.1) is 16.9 Å². The van der Waals surface area contributed by atoms with E-state index >= 15 is 0 Å². The molecule has 1 saturated heterocycles. The average molecular weight is 557 g/mol. The van der Waals surface area contributed by atoms with Crippen LogP contribution in [-0.4, -0.2) is 86.8 Å². The Labute approximate surface area is 215 Å². The minimum Gasteiger partial charge on any atom is -0.477 e. The third-order valence-electron chi connectivity index (χ3n) is 5.29. The van der Waals surface area contributed by atoms with Crippen molar-refractivity contribution in [2.75, 3.05) is 18.6 Å². The number of hydrogen-bond donors (Lipinski definition) is 2. The van der Waals surface area contributed by atoms with Gasteiger partial charge < -0.3 is 15.2 Å². The van der Waals surface area contributed by atoms with E-state index in [0.29, 0.717) is 21.3 Å². The molecule has 2 aliphatic heterocycles. The molecule has 0 aliphatic carbocycles. The van der Waals surface area contributed by atoms with Crippen LogP contribution < -0.4 is 5.32 Å². The summed E-state index contributed by atoms with van der Waals surface area (Å²) in [6, 6.07) is 6.07. The molecular weight excluding hydrogens is 540 g/mol. The van der Waals surface area contributed by atoms with Crippen molar-refractivity contribution >= 4 is 69.0 Å². The normalized spacial score (nSPS) is 21.3. The number of carbonyl (C=O) groups is 3. The van der Waals surface area contributed by atoms with Gasteiger partial charge in [0.1, 0.15) is 27.2 Å². The molecule has 2 atom stereocenters. The first-order chi connectivity index (χ1) is 16.7. The molecule has 1 aromatic heterocycles. The summed E-state index contributed by atoms with van der Waals surface area (Å²) in [6.45, 7) is 0. The van der Waals surface area contributed by atoms with Crippen LogP contribution in [0.3, 0.4) is 0 Å². The number of carboxylic acids is 1. The predicted molar refractivity (Wildman–Crippen MR) is 129 cm³/mol. The summed E-state index contributed by atoms with van der Waals surface area (Å²) < 4.78 is 18.6. The number of tetrazole rings is 1. The van der Waals surface area contributed by atoms with E-state index in [1.807, 2.05) is 0 Å². The summed E-state index contributed by atoms with van der Waals surface area (Å²) in [4.78, 5) is 39.2. The zero-order valence-electron chi connectivity index (χ0n) is 18.1. The van der Waals surface area contributed by atoms with E-state index in [9.17, 15) is 23.7 Å². The summed E-state index contributed by atoms with van der Waals surface area (Å²) in [6.07, 6.45) is 0. The highest BCUT2D eigenvalue weighted by Crippen LogP contribution is 2.47. The van der Waals surface area contributed by atoms with E-state index in [-0.39, 0.29) is 33.3 Å². The number of thioether (sulfide) groups is 2. The number of β-lactam (4-membered cyclic amide) rings is 1. The minimum absolute atomic E-state index is 0.0345. The first kappa shape index (κ1) is 25.4. The Morgan fingerprint density at radius 3 is 2.66 bits per heavy atom. The highest BCUT2D eigenvalue weighted by atomic mass is 35.5. The SMILES string of the molecule is CO[C@@]1(NC(=O)C(=S=O)c2ccc(Cl)cc2)C(=O)N2C(C(=O)O)=C(CSc3nnnn3C)CS[C@@H]21. The summed E-state index contributed by atoms with van der Waals surface area (Å²) >= 11 is 8.31. The Morgan fingerprint density at radius 1 is 1.37 bits per heavy atom. The number of aliphatic carboxylic acids is 1. The van der Waals surface area contributed by atoms with Crippen molar-refractivity contribution in [3.05, 3.63) is 46.1 Å². The number of nitrogens with one attached hydrogen (secondary N) is 1. The van der Waals surface area contributed by atoms with Gasteiger partial charge in [0.15, 0.2) is 0 Å². The lowest BCUT2D eigenvalue weighted by molar-refractivity contribution is -0.191. The molecule has 1 fully saturated rings. The smallest absolute Gasteiger partial charge is 0.352 e. The molecule has 35 heavy (non-hydrogen) atoms. The average Bonchev–Trinajstić information content (AvgIpc) is 3.26. The van der Waals surface area contributed by atoms with Crippen molar-refractivity contribution in [2.45, 2.75) is 16.3 Å². The molecule has 2 amide bonds. The van der Waals surface area contributed by atoms with Crippen molar-refractivity contribution in [2.24, 2.45) is 7.05 Å². The molecule has 4 rings (SSSR count). The number of halogens is 1. The van der Waals surface area contributed by atoms with Gasteiger partial charge in [-0.2, -0.15) is 0 Å². The van der Waals surface area contributed by atoms with Crippen molar-refractivity contribution in [1.29, 1.82) is 0 Å². The van der Waals surface area contributed by atoms with Gasteiger partial charge in [-0.25, -0.2) is 13.7 Å². The van der Waals surface area contributed by atoms with Crippen molar-refractivity contribution in [1.82, 2.24) is 30.4 Å². The lowest BCUT2D eigenvalue weighted by atomic mass is 9.97. The highest BCUT2D eigenvalue weighted by Gasteiger charge is 2.66. The molecule has 0 radical (unpaired) electrons. The topological polar surface area (TPSA) is 157 Å². The lowest BCUT2D eigenvalue weighted by Crippen LogP contribution is -2.81. The molecule has 3 heterocycles. The highest BCUT2D eigenvalue weighted by molar-refractivity contribution is 8.01. The van der Waals surface area contributed by atoms with Crippen LogP contribution in [0.25, 0.3) is 0 Å². The summed E-state index contributed by atoms with van der Waals surface area (Å²) in [5, 5.41) is 23.6. The van der Waals surface area contributed by atoms with Gasteiger partial charge >= 0.3 is 5.97 Å². The number of hydrogen-bond acceptors (Lipinski definition) is 10. The van der Waals surface area contributed by atoms with Crippen LogP contribution in [0.4, 0.5) is 0 Å². The summed E-state index contributed by atoms with van der Waals surface area (Å²) in [7, 11) is 2.89. The summed E-state index contributed by atoms with van der Waals surface area (Å²) in [5.74, 6) is -2.35. The Kier molecular flexibility index (Phi) is 7.32. The summed E-state index contributed by atoms with van der Waals surface area (Å²) in [5.41, 5.74) is -1.19. The first-order valence-corrected chi connectivity index (χ1v) is 12.9. The molecule has 2 aromatic rings. The molecule has 2 N–H and O–H groups in total. The number of amides is 2. The Hall–Kier alpha value is -2.72. The fourth-order valence-corrected chi connectivity index (χ4v) is 6.51. The number of rotatable bonds is 8. The zero-order chi connectivity index (χ0) is 25.3. The molecule has 0 bridgehead atoms. The number of methoxy groups -OCH3 is 1. The van der Waals surface area contributed by atoms with Crippen LogP contribution in [0.1, 0.15) is 5.56 Å². The molecule has 1 aromatic carbocycles. The van der Waals surface area contributed by atoms with Crippen LogP contribution in [0.5, 0.6) is 0 Å². The van der Waals surface area contributed by atoms with Crippen LogP contribution in [0.15, 0.2) is 40.7 Å². The predicted octanol–water partition coefficient (Wildman–Crippen LogP) is 0.102. The van der Waals surface area contributed by atoms with Gasteiger partial charge in [0.05, 0.1) is 0 Å². The number of aromatic nitrogens is 4. The molecule has 12 nitrogen and oxygen atoms in total. The van der Waals surface area contributed by atoms with Crippen molar-refractivity contribution in [3.8, 4) is 0 Å². The molecular formula is C19H17ClN6O6S3. The maximum absolute atomic E-state index is 13.2. The van der Waals surface area contributed by atoms with Crippen LogP contribution in [-0.2, 0) is 37.4 Å². The second-order valence-electron chi connectivity index (χ2n) is 7.28. The third kappa shape index (κ3) is 4.49. The minimum atomic E-state index is -1.83. The number of fused-ring (bicyclic) bond motifs is 1. The third-order valence-corrected chi connectivity index (χ3v) is 8.60. The van der Waals surface area contributed by atoms with Crippen molar-refractivity contribution in [3.63, 3.8) is 0 Å². The maximum Gasteiger partial charge on any atom is 0.352 e. The Balaban J connectivity index is 1.58. The lowest BCUT2D eigenvalue weighted by Gasteiger charge is -2.55.